The van der Waals surface area contributed by atoms with Gasteiger partial charge >= 0.3 is 0 Å². The van der Waals surface area contributed by atoms with Gasteiger partial charge in [0.2, 0.25) is 0 Å². The number of rotatable bonds is 6. The van der Waals surface area contributed by atoms with Crippen LogP contribution in [0.25, 0.3) is 10.8 Å². The van der Waals surface area contributed by atoms with Crippen LogP contribution in [0.2, 0.25) is 0 Å². The first-order valence-corrected chi connectivity index (χ1v) is 13.1. The Morgan fingerprint density at radius 2 is 1.76 bits per heavy atom. The molecule has 0 unspecified atom stereocenters. The lowest BCUT2D eigenvalue weighted by molar-refractivity contribution is -0.129. The number of anilines is 1. The van der Waals surface area contributed by atoms with Crippen molar-refractivity contribution in [2.45, 2.75) is 32.6 Å². The van der Waals surface area contributed by atoms with Crippen LogP contribution in [0.3, 0.4) is 0 Å². The van der Waals surface area contributed by atoms with E-state index >= 15 is 0 Å². The Morgan fingerprint density at radius 3 is 2.49 bits per heavy atom. The van der Waals surface area contributed by atoms with Crippen molar-refractivity contribution >= 4 is 22.2 Å². The van der Waals surface area contributed by atoms with Crippen molar-refractivity contribution in [3.05, 3.63) is 78.5 Å². The molecule has 3 aromatic carbocycles. The zero-order chi connectivity index (χ0) is 25.8. The Balaban J connectivity index is 1.27. The van der Waals surface area contributed by atoms with Crippen molar-refractivity contribution in [1.29, 1.82) is 5.26 Å². The molecule has 1 saturated heterocycles. The predicted octanol–water partition coefficient (Wildman–Crippen LogP) is 6.51. The van der Waals surface area contributed by atoms with E-state index in [9.17, 15) is 10.1 Å². The van der Waals surface area contributed by atoms with Crippen LogP contribution in [0.5, 0.6) is 11.5 Å². The third kappa shape index (κ3) is 3.62. The molecule has 2 saturated carbocycles. The summed E-state index contributed by atoms with van der Waals surface area (Å²) in [5.74, 6) is 2.04. The number of allylic oxidation sites excluding steroid dienone is 1. The molecular formula is C32H32N2O3. The maximum absolute atomic E-state index is 13.9. The number of carbonyl (C=O) groups excluding carboxylic acids is 1. The fourth-order valence-electron chi connectivity index (χ4n) is 7.72. The van der Waals surface area contributed by atoms with Gasteiger partial charge in [0, 0.05) is 34.0 Å². The number of carbonyl (C=O) groups is 1. The Labute approximate surface area is 218 Å². The van der Waals surface area contributed by atoms with E-state index in [0.29, 0.717) is 24.5 Å². The fourth-order valence-corrected chi connectivity index (χ4v) is 7.72. The molecule has 2 aliphatic carbocycles. The third-order valence-corrected chi connectivity index (χ3v) is 9.30. The monoisotopic (exact) mass is 492 g/mol. The molecule has 1 aliphatic heterocycles. The smallest absolute Gasteiger partial charge is 0.156 e. The molecule has 0 amide bonds. The highest BCUT2D eigenvalue weighted by Gasteiger charge is 2.67. The van der Waals surface area contributed by atoms with E-state index in [4.69, 9.17) is 9.47 Å². The quantitative estimate of drug-likeness (QED) is 0.392. The Morgan fingerprint density at radius 1 is 1.03 bits per heavy atom. The lowest BCUT2D eigenvalue weighted by Gasteiger charge is -2.49. The molecule has 37 heavy (non-hydrogen) atoms. The first-order chi connectivity index (χ1) is 17.9. The number of nitriles is 1. The highest BCUT2D eigenvalue weighted by molar-refractivity contribution is 6.01. The van der Waals surface area contributed by atoms with E-state index in [1.54, 1.807) is 7.11 Å². The maximum atomic E-state index is 13.9. The Hall–Kier alpha value is -3.78. The van der Waals surface area contributed by atoms with E-state index < -0.39 is 0 Å². The summed E-state index contributed by atoms with van der Waals surface area (Å²) in [4.78, 5) is 16.0. The molecule has 5 heteroatoms. The minimum absolute atomic E-state index is 0.0147. The molecule has 1 heterocycles. The van der Waals surface area contributed by atoms with E-state index in [2.05, 4.69) is 24.5 Å². The van der Waals surface area contributed by atoms with Gasteiger partial charge in [-0.3, -0.25) is 4.79 Å². The summed E-state index contributed by atoms with van der Waals surface area (Å²) in [5, 5.41) is 11.5. The van der Waals surface area contributed by atoms with Crippen LogP contribution in [0.15, 0.2) is 72.9 Å². The maximum Gasteiger partial charge on any atom is 0.156 e. The number of nitrogens with zero attached hydrogens (tertiary/aromatic N) is 2. The zero-order valence-corrected chi connectivity index (χ0v) is 21.5. The number of benzene rings is 3. The summed E-state index contributed by atoms with van der Waals surface area (Å²) >= 11 is 0. The van der Waals surface area contributed by atoms with Gasteiger partial charge in [-0.25, -0.2) is 0 Å². The molecule has 0 aromatic heterocycles. The first kappa shape index (κ1) is 23.6. The molecule has 6 rings (SSSR count). The van der Waals surface area contributed by atoms with Gasteiger partial charge in [-0.15, -0.1) is 0 Å². The summed E-state index contributed by atoms with van der Waals surface area (Å²) in [6.45, 7) is 7.87. The van der Waals surface area contributed by atoms with Crippen LogP contribution in [0, 0.1) is 34.0 Å². The van der Waals surface area contributed by atoms with Crippen molar-refractivity contribution in [2.24, 2.45) is 22.7 Å². The summed E-state index contributed by atoms with van der Waals surface area (Å²) in [6.07, 6.45) is 4.07. The van der Waals surface area contributed by atoms with E-state index in [1.807, 2.05) is 60.7 Å². The molecule has 3 aliphatic rings. The normalized spacial score (nSPS) is 28.3. The minimum atomic E-state index is -0.0370. The van der Waals surface area contributed by atoms with Gasteiger partial charge in [0.15, 0.2) is 5.78 Å². The van der Waals surface area contributed by atoms with E-state index in [-0.39, 0.29) is 22.7 Å². The standard InChI is InChI=1S/C32H32N2O3/c1-21-29-30(28(35)19-34(21)27-13-8-22(18-33)25-6-4-5-7-26(25)27)32(15-14-31(29,2)20-32)16-17-37-24-11-9-23(36-3)10-12-24/h4-13,29-30H,1,14-17,19-20H2,2-3H3/t29-,30+,31-,32-/m0/s1. The second-order valence-electron chi connectivity index (χ2n) is 11.3. The van der Waals surface area contributed by atoms with Crippen LogP contribution in [-0.2, 0) is 4.79 Å². The van der Waals surface area contributed by atoms with Crippen LogP contribution in [0.4, 0.5) is 5.69 Å². The number of methoxy groups -OCH3 is 1. The molecule has 3 fully saturated rings. The number of piperidine rings is 1. The highest BCUT2D eigenvalue weighted by Crippen LogP contribution is 2.71. The highest BCUT2D eigenvalue weighted by atomic mass is 16.5. The third-order valence-electron chi connectivity index (χ3n) is 9.30. The van der Waals surface area contributed by atoms with Crippen molar-refractivity contribution in [3.63, 3.8) is 0 Å². The number of hydrogen-bond donors (Lipinski definition) is 0. The second-order valence-corrected chi connectivity index (χ2v) is 11.3. The number of Topliss-reactive ketones (excluding diaryl/α,β-unsaturated/α-hetero) is 1. The van der Waals surface area contributed by atoms with Crippen LogP contribution in [-0.4, -0.2) is 26.0 Å². The topological polar surface area (TPSA) is 62.6 Å². The second kappa shape index (κ2) is 8.66. The largest absolute Gasteiger partial charge is 0.497 e. The van der Waals surface area contributed by atoms with Crippen molar-refractivity contribution in [3.8, 4) is 17.6 Å². The Kier molecular flexibility index (Phi) is 5.53. The lowest BCUT2D eigenvalue weighted by Crippen LogP contribution is -2.51. The van der Waals surface area contributed by atoms with Gasteiger partial charge in [0.1, 0.15) is 11.5 Å². The van der Waals surface area contributed by atoms with E-state index in [1.165, 1.54) is 0 Å². The molecule has 188 valence electrons. The molecule has 0 N–H and O–H groups in total. The summed E-state index contributed by atoms with van der Waals surface area (Å²) < 4.78 is 11.4. The van der Waals surface area contributed by atoms with Crippen molar-refractivity contribution < 1.29 is 14.3 Å². The molecule has 0 radical (unpaired) electrons. The molecule has 5 nitrogen and oxygen atoms in total. The van der Waals surface area contributed by atoms with Gasteiger partial charge in [-0.1, -0.05) is 37.8 Å². The van der Waals surface area contributed by atoms with Crippen LogP contribution >= 0.6 is 0 Å². The van der Waals surface area contributed by atoms with Gasteiger partial charge < -0.3 is 14.4 Å². The van der Waals surface area contributed by atoms with Gasteiger partial charge in [-0.2, -0.15) is 5.26 Å². The van der Waals surface area contributed by atoms with E-state index in [0.717, 1.165) is 59.3 Å². The van der Waals surface area contributed by atoms with Gasteiger partial charge in [0.25, 0.3) is 0 Å². The summed E-state index contributed by atoms with van der Waals surface area (Å²) in [6, 6.07) is 21.8. The van der Waals surface area contributed by atoms with Gasteiger partial charge in [0.05, 0.1) is 31.9 Å². The minimum Gasteiger partial charge on any atom is -0.497 e. The molecule has 2 bridgehead atoms. The van der Waals surface area contributed by atoms with Gasteiger partial charge in [-0.05, 0) is 72.9 Å². The number of fused-ring (bicyclic) bond motifs is 6. The SMILES string of the molecule is C=C1[C@H]2[C@@H](C(=O)CN1c1ccc(C#N)c3ccccc13)[C@]1(CCOc3ccc(OC)cc3)CC[C@@]2(C)C1. The number of ketones is 1. The van der Waals surface area contributed by atoms with Crippen molar-refractivity contribution in [2.75, 3.05) is 25.2 Å². The number of ether oxygens (including phenoxy) is 2. The first-order valence-electron chi connectivity index (χ1n) is 13.1. The molecule has 3 aromatic rings. The Bertz CT molecular complexity index is 1440. The summed E-state index contributed by atoms with van der Waals surface area (Å²) in [7, 11) is 1.66. The molecular weight excluding hydrogens is 460 g/mol. The fraction of sp³-hybridized carbons (Fsp3) is 0.375. The average Bonchev–Trinajstić information content (AvgIpc) is 3.40. The lowest BCUT2D eigenvalue weighted by atomic mass is 9.61. The molecule has 0 spiro atoms. The average molecular weight is 493 g/mol. The number of hydrogen-bond acceptors (Lipinski definition) is 5. The summed E-state index contributed by atoms with van der Waals surface area (Å²) in [5.41, 5.74) is 2.67. The molecule has 4 atom stereocenters. The van der Waals surface area contributed by atoms with Crippen molar-refractivity contribution in [1.82, 2.24) is 0 Å². The zero-order valence-electron chi connectivity index (χ0n) is 21.5. The predicted molar refractivity (Wildman–Crippen MR) is 145 cm³/mol. The van der Waals surface area contributed by atoms with Crippen LogP contribution in [0.1, 0.15) is 38.2 Å². The van der Waals surface area contributed by atoms with Crippen LogP contribution < -0.4 is 14.4 Å².